The number of halogens is 3. The van der Waals surface area contributed by atoms with E-state index in [0.717, 1.165) is 0 Å². The number of carbonyl (C=O) groups excluding carboxylic acids is 1. The van der Waals surface area contributed by atoms with Gasteiger partial charge in [-0.2, -0.15) is 0 Å². The van der Waals surface area contributed by atoms with E-state index in [1.165, 1.54) is 18.2 Å². The van der Waals surface area contributed by atoms with E-state index in [9.17, 15) is 13.6 Å². The van der Waals surface area contributed by atoms with Gasteiger partial charge in [-0.05, 0) is 39.7 Å². The second kappa shape index (κ2) is 5.61. The van der Waals surface area contributed by atoms with Crippen LogP contribution in [-0.2, 0) is 0 Å². The zero-order valence-electron chi connectivity index (χ0n) is 10.2. The maximum absolute atomic E-state index is 14.0. The first-order chi connectivity index (χ1) is 9.04. The molecule has 0 N–H and O–H groups in total. The Labute approximate surface area is 118 Å². The van der Waals surface area contributed by atoms with Gasteiger partial charge < -0.3 is 0 Å². The van der Waals surface area contributed by atoms with Gasteiger partial charge >= 0.3 is 0 Å². The summed E-state index contributed by atoms with van der Waals surface area (Å²) >= 11 is 3.03. The smallest absolute Gasteiger partial charge is 0.162 e. The molecule has 0 spiro atoms. The van der Waals surface area contributed by atoms with Crippen LogP contribution in [0, 0.1) is 11.6 Å². The molecular formula is C15H11BrF2O. The molecule has 0 aliphatic heterocycles. The number of benzene rings is 2. The Morgan fingerprint density at radius 2 is 1.95 bits per heavy atom. The van der Waals surface area contributed by atoms with Crippen LogP contribution in [0.15, 0.2) is 40.9 Å². The molecule has 0 saturated carbocycles. The third kappa shape index (κ3) is 2.73. The molecule has 19 heavy (non-hydrogen) atoms. The van der Waals surface area contributed by atoms with Crippen LogP contribution in [0.4, 0.5) is 8.78 Å². The fraction of sp³-hybridized carbons (Fsp3) is 0.133. The van der Waals surface area contributed by atoms with E-state index in [2.05, 4.69) is 15.9 Å². The van der Waals surface area contributed by atoms with Crippen molar-refractivity contribution < 1.29 is 13.6 Å². The number of hydrogen-bond donors (Lipinski definition) is 0. The molecule has 0 unspecified atom stereocenters. The predicted molar refractivity (Wildman–Crippen MR) is 74.1 cm³/mol. The van der Waals surface area contributed by atoms with Crippen molar-refractivity contribution in [3.05, 3.63) is 58.1 Å². The molecule has 2 rings (SSSR count). The summed E-state index contributed by atoms with van der Waals surface area (Å²) in [5.74, 6) is -1.37. The van der Waals surface area contributed by atoms with Gasteiger partial charge in [-0.15, -0.1) is 0 Å². The lowest BCUT2D eigenvalue weighted by atomic mass is 10.00. The first-order valence-electron chi connectivity index (χ1n) is 5.81. The van der Waals surface area contributed by atoms with E-state index in [0.29, 0.717) is 17.5 Å². The van der Waals surface area contributed by atoms with Gasteiger partial charge in [0.1, 0.15) is 11.6 Å². The average molecular weight is 325 g/mol. The second-order valence-electron chi connectivity index (χ2n) is 4.08. The number of ketones is 1. The summed E-state index contributed by atoms with van der Waals surface area (Å²) in [5, 5.41) is 0. The van der Waals surface area contributed by atoms with Gasteiger partial charge in [0.25, 0.3) is 0 Å². The first kappa shape index (κ1) is 13.9. The van der Waals surface area contributed by atoms with Crippen molar-refractivity contribution in [1.29, 1.82) is 0 Å². The maximum Gasteiger partial charge on any atom is 0.162 e. The summed E-state index contributed by atoms with van der Waals surface area (Å²) in [5.41, 5.74) is 0.689. The Bertz CT molecular complexity index is 638. The van der Waals surface area contributed by atoms with E-state index < -0.39 is 11.6 Å². The number of Topliss-reactive ketones (excluding diaryl/α,β-unsaturated/α-hetero) is 1. The second-order valence-corrected chi connectivity index (χ2v) is 4.93. The monoisotopic (exact) mass is 324 g/mol. The van der Waals surface area contributed by atoms with Gasteiger partial charge in [0.05, 0.1) is 10.0 Å². The fourth-order valence-electron chi connectivity index (χ4n) is 1.84. The Morgan fingerprint density at radius 1 is 1.21 bits per heavy atom. The van der Waals surface area contributed by atoms with Gasteiger partial charge in [-0.25, -0.2) is 8.78 Å². The molecule has 0 fully saturated rings. The topological polar surface area (TPSA) is 17.1 Å². The Kier molecular flexibility index (Phi) is 4.10. The molecule has 1 nitrogen and oxygen atoms in total. The molecule has 0 aromatic heterocycles. The highest BCUT2D eigenvalue weighted by molar-refractivity contribution is 9.10. The summed E-state index contributed by atoms with van der Waals surface area (Å²) in [7, 11) is 0. The number of hydrogen-bond acceptors (Lipinski definition) is 1. The molecule has 0 bridgehead atoms. The molecule has 2 aromatic rings. The lowest BCUT2D eigenvalue weighted by molar-refractivity contribution is 0.0988. The largest absolute Gasteiger partial charge is 0.294 e. The van der Waals surface area contributed by atoms with Gasteiger partial charge in [-0.1, -0.05) is 25.1 Å². The zero-order valence-corrected chi connectivity index (χ0v) is 11.8. The normalized spacial score (nSPS) is 10.5. The van der Waals surface area contributed by atoms with Crippen molar-refractivity contribution in [1.82, 2.24) is 0 Å². The van der Waals surface area contributed by atoms with Crippen LogP contribution in [0.25, 0.3) is 11.1 Å². The van der Waals surface area contributed by atoms with Crippen molar-refractivity contribution in [2.75, 3.05) is 0 Å². The highest BCUT2D eigenvalue weighted by Gasteiger charge is 2.15. The minimum atomic E-state index is -0.666. The molecule has 0 saturated heterocycles. The van der Waals surface area contributed by atoms with Crippen LogP contribution in [0.2, 0.25) is 0 Å². The van der Waals surface area contributed by atoms with Crippen molar-refractivity contribution in [3.8, 4) is 11.1 Å². The molecule has 4 heteroatoms. The van der Waals surface area contributed by atoms with Crippen LogP contribution in [0.5, 0.6) is 0 Å². The van der Waals surface area contributed by atoms with Crippen molar-refractivity contribution in [2.45, 2.75) is 13.3 Å². The minimum absolute atomic E-state index is 0.0577. The molecule has 98 valence electrons. The van der Waals surface area contributed by atoms with Crippen molar-refractivity contribution in [2.24, 2.45) is 0 Å². The van der Waals surface area contributed by atoms with Crippen LogP contribution < -0.4 is 0 Å². The Hall–Kier alpha value is -1.55. The van der Waals surface area contributed by atoms with Crippen molar-refractivity contribution >= 4 is 21.7 Å². The third-order valence-corrected chi connectivity index (χ3v) is 3.45. The van der Waals surface area contributed by atoms with Crippen molar-refractivity contribution in [3.63, 3.8) is 0 Å². The lowest BCUT2D eigenvalue weighted by Crippen LogP contribution is -1.98. The van der Waals surface area contributed by atoms with Crippen LogP contribution in [0.1, 0.15) is 23.7 Å². The van der Waals surface area contributed by atoms with Gasteiger partial charge in [-0.3, -0.25) is 4.79 Å². The predicted octanol–water partition coefficient (Wildman–Crippen LogP) is 4.99. The summed E-state index contributed by atoms with van der Waals surface area (Å²) in [6.07, 6.45) is 0.354. The highest BCUT2D eigenvalue weighted by Crippen LogP contribution is 2.31. The standard InChI is InChI=1S/C15H11BrF2O/c1-2-13(19)9-4-3-5-10(8-9)14-12(17)7-6-11(16)15(14)18/h3-8H,2H2,1H3. The highest BCUT2D eigenvalue weighted by atomic mass is 79.9. The molecular weight excluding hydrogens is 314 g/mol. The zero-order chi connectivity index (χ0) is 14.0. The molecule has 2 aromatic carbocycles. The summed E-state index contributed by atoms with van der Waals surface area (Å²) < 4.78 is 28.0. The summed E-state index contributed by atoms with van der Waals surface area (Å²) in [6, 6.07) is 8.87. The third-order valence-electron chi connectivity index (χ3n) is 2.84. The molecule has 0 heterocycles. The molecule has 0 aliphatic carbocycles. The van der Waals surface area contributed by atoms with E-state index in [4.69, 9.17) is 0 Å². The molecule has 0 aliphatic rings. The fourth-order valence-corrected chi connectivity index (χ4v) is 2.17. The quantitative estimate of drug-likeness (QED) is 0.574. The lowest BCUT2D eigenvalue weighted by Gasteiger charge is -2.08. The van der Waals surface area contributed by atoms with Crippen LogP contribution >= 0.6 is 15.9 Å². The SMILES string of the molecule is CCC(=O)c1cccc(-c2c(F)ccc(Br)c2F)c1. The van der Waals surface area contributed by atoms with Gasteiger partial charge in [0.15, 0.2) is 5.78 Å². The van der Waals surface area contributed by atoms with E-state index in [1.807, 2.05) is 0 Å². The van der Waals surface area contributed by atoms with Gasteiger partial charge in [0.2, 0.25) is 0 Å². The number of rotatable bonds is 3. The first-order valence-corrected chi connectivity index (χ1v) is 6.61. The summed E-state index contributed by atoms with van der Waals surface area (Å²) in [6.45, 7) is 1.75. The minimum Gasteiger partial charge on any atom is -0.294 e. The molecule has 0 radical (unpaired) electrons. The van der Waals surface area contributed by atoms with E-state index in [1.54, 1.807) is 25.1 Å². The van der Waals surface area contributed by atoms with Gasteiger partial charge in [0, 0.05) is 12.0 Å². The van der Waals surface area contributed by atoms with Crippen LogP contribution in [0.3, 0.4) is 0 Å². The van der Waals surface area contributed by atoms with E-state index >= 15 is 0 Å². The maximum atomic E-state index is 14.0. The average Bonchev–Trinajstić information content (AvgIpc) is 2.43. The number of carbonyl (C=O) groups is 1. The Morgan fingerprint density at radius 3 is 2.63 bits per heavy atom. The van der Waals surface area contributed by atoms with E-state index in [-0.39, 0.29) is 15.8 Å². The van der Waals surface area contributed by atoms with Crippen LogP contribution in [-0.4, -0.2) is 5.78 Å². The molecule has 0 amide bonds. The molecule has 0 atom stereocenters. The summed E-state index contributed by atoms with van der Waals surface area (Å²) in [4.78, 5) is 11.6. The Balaban J connectivity index is 2.60.